The van der Waals surface area contributed by atoms with E-state index >= 15 is 0 Å². The van der Waals surface area contributed by atoms with Crippen LogP contribution in [-0.4, -0.2) is 5.11 Å². The SMILES string of the molecule is CCCCCCCCCCCCc1c(O)cccc1CCCCCCCC. The standard InChI is InChI=1S/C26H46O/c1-3-5-7-9-11-12-13-14-16-18-22-25-24(21-19-23-26(25)27)20-17-15-10-8-6-4-2/h19,21,23,27H,3-18,20,22H2,1-2H3. The molecule has 156 valence electrons. The molecule has 1 N–H and O–H groups in total. The summed E-state index contributed by atoms with van der Waals surface area (Å²) >= 11 is 0. The average molecular weight is 375 g/mol. The predicted octanol–water partition coefficient (Wildman–Crippen LogP) is 8.76. The maximum Gasteiger partial charge on any atom is 0.119 e. The van der Waals surface area contributed by atoms with Crippen LogP contribution in [0.5, 0.6) is 5.75 Å². The fourth-order valence-electron chi connectivity index (χ4n) is 4.03. The molecule has 0 atom stereocenters. The van der Waals surface area contributed by atoms with Crippen molar-refractivity contribution in [3.05, 3.63) is 29.3 Å². The molecule has 0 aliphatic carbocycles. The summed E-state index contributed by atoms with van der Waals surface area (Å²) in [6.07, 6.45) is 23.9. The maximum atomic E-state index is 10.3. The van der Waals surface area contributed by atoms with Crippen LogP contribution >= 0.6 is 0 Å². The number of phenolic OH excluding ortho intramolecular Hbond substituents is 1. The quantitative estimate of drug-likeness (QED) is 0.255. The molecule has 0 spiro atoms. The Hall–Kier alpha value is -0.980. The molecule has 1 nitrogen and oxygen atoms in total. The van der Waals surface area contributed by atoms with Gasteiger partial charge in [0.2, 0.25) is 0 Å². The van der Waals surface area contributed by atoms with Gasteiger partial charge in [-0.2, -0.15) is 0 Å². The van der Waals surface area contributed by atoms with E-state index < -0.39 is 0 Å². The summed E-state index contributed by atoms with van der Waals surface area (Å²) in [5, 5.41) is 10.3. The molecule has 0 aliphatic rings. The molecule has 1 aromatic carbocycles. The van der Waals surface area contributed by atoms with Crippen molar-refractivity contribution >= 4 is 0 Å². The van der Waals surface area contributed by atoms with Crippen molar-refractivity contribution < 1.29 is 5.11 Å². The minimum absolute atomic E-state index is 0.523. The molecule has 27 heavy (non-hydrogen) atoms. The summed E-state index contributed by atoms with van der Waals surface area (Å²) in [6, 6.07) is 6.12. The number of rotatable bonds is 18. The van der Waals surface area contributed by atoms with Gasteiger partial charge in [-0.15, -0.1) is 0 Å². The van der Waals surface area contributed by atoms with Gasteiger partial charge in [-0.05, 0) is 42.9 Å². The molecule has 0 radical (unpaired) electrons. The van der Waals surface area contributed by atoms with Gasteiger partial charge in [-0.3, -0.25) is 0 Å². The Labute approximate surface area is 170 Å². The van der Waals surface area contributed by atoms with E-state index in [0.29, 0.717) is 5.75 Å². The number of phenols is 1. The van der Waals surface area contributed by atoms with E-state index in [4.69, 9.17) is 0 Å². The monoisotopic (exact) mass is 374 g/mol. The van der Waals surface area contributed by atoms with Gasteiger partial charge in [-0.25, -0.2) is 0 Å². The first kappa shape index (κ1) is 24.1. The molecule has 0 fully saturated rings. The number of aromatic hydroxyl groups is 1. The fraction of sp³-hybridized carbons (Fsp3) is 0.769. The Morgan fingerprint density at radius 1 is 0.556 bits per heavy atom. The highest BCUT2D eigenvalue weighted by Gasteiger charge is 2.07. The maximum absolute atomic E-state index is 10.3. The van der Waals surface area contributed by atoms with Gasteiger partial charge in [0.05, 0.1) is 0 Å². The Morgan fingerprint density at radius 3 is 1.52 bits per heavy atom. The number of aryl methyl sites for hydroxylation is 1. The molecule has 0 aromatic heterocycles. The molecule has 1 heteroatoms. The lowest BCUT2D eigenvalue weighted by Crippen LogP contribution is -1.96. The van der Waals surface area contributed by atoms with Crippen molar-refractivity contribution in [1.29, 1.82) is 0 Å². The molecule has 0 bridgehead atoms. The van der Waals surface area contributed by atoms with Crippen molar-refractivity contribution in [1.82, 2.24) is 0 Å². The molecule has 0 unspecified atom stereocenters. The smallest absolute Gasteiger partial charge is 0.119 e. The van der Waals surface area contributed by atoms with Crippen molar-refractivity contribution in [3.63, 3.8) is 0 Å². The van der Waals surface area contributed by atoms with Crippen LogP contribution in [0.25, 0.3) is 0 Å². The van der Waals surface area contributed by atoms with Crippen LogP contribution in [0, 0.1) is 0 Å². The summed E-state index contributed by atoms with van der Waals surface area (Å²) in [6.45, 7) is 4.55. The van der Waals surface area contributed by atoms with Crippen molar-refractivity contribution in [3.8, 4) is 5.75 Å². The lowest BCUT2D eigenvalue weighted by atomic mass is 9.95. The normalized spacial score (nSPS) is 11.2. The van der Waals surface area contributed by atoms with Gasteiger partial charge in [-0.1, -0.05) is 116 Å². The second-order valence-corrected chi connectivity index (χ2v) is 8.36. The summed E-state index contributed by atoms with van der Waals surface area (Å²) in [5.41, 5.74) is 2.62. The third-order valence-electron chi connectivity index (χ3n) is 5.83. The Kier molecular flexibility index (Phi) is 15.3. The Bertz CT molecular complexity index is 452. The number of unbranched alkanes of at least 4 members (excludes halogenated alkanes) is 14. The highest BCUT2D eigenvalue weighted by atomic mass is 16.3. The first-order valence-corrected chi connectivity index (χ1v) is 12.1. The number of hydrogen-bond donors (Lipinski definition) is 1. The largest absolute Gasteiger partial charge is 0.508 e. The first-order valence-electron chi connectivity index (χ1n) is 12.1. The topological polar surface area (TPSA) is 20.2 Å². The Balaban J connectivity index is 2.18. The van der Waals surface area contributed by atoms with E-state index in [0.717, 1.165) is 12.8 Å². The van der Waals surface area contributed by atoms with Crippen LogP contribution in [0.3, 0.4) is 0 Å². The average Bonchev–Trinajstić information content (AvgIpc) is 2.67. The van der Waals surface area contributed by atoms with Crippen LogP contribution < -0.4 is 0 Å². The van der Waals surface area contributed by atoms with Gasteiger partial charge in [0.1, 0.15) is 5.75 Å². The van der Waals surface area contributed by atoms with E-state index in [2.05, 4.69) is 19.9 Å². The summed E-state index contributed by atoms with van der Waals surface area (Å²) in [4.78, 5) is 0. The van der Waals surface area contributed by atoms with Gasteiger partial charge >= 0.3 is 0 Å². The van der Waals surface area contributed by atoms with E-state index in [-0.39, 0.29) is 0 Å². The molecule has 0 saturated heterocycles. The summed E-state index contributed by atoms with van der Waals surface area (Å²) in [7, 11) is 0. The summed E-state index contributed by atoms with van der Waals surface area (Å²) in [5.74, 6) is 0.523. The second kappa shape index (κ2) is 17.1. The molecule has 0 saturated carbocycles. The third kappa shape index (κ3) is 12.2. The first-order chi connectivity index (χ1) is 13.3. The molecule has 0 amide bonds. The zero-order valence-corrected chi connectivity index (χ0v) is 18.4. The molecular formula is C26H46O. The zero-order chi connectivity index (χ0) is 19.6. The molecule has 0 heterocycles. The van der Waals surface area contributed by atoms with Gasteiger partial charge in [0.15, 0.2) is 0 Å². The van der Waals surface area contributed by atoms with E-state index in [9.17, 15) is 5.11 Å². The minimum Gasteiger partial charge on any atom is -0.508 e. The van der Waals surface area contributed by atoms with Crippen molar-refractivity contribution in [2.45, 2.75) is 129 Å². The van der Waals surface area contributed by atoms with Gasteiger partial charge in [0, 0.05) is 0 Å². The number of hydrogen-bond acceptors (Lipinski definition) is 1. The van der Waals surface area contributed by atoms with Crippen molar-refractivity contribution in [2.75, 3.05) is 0 Å². The molecule has 0 aliphatic heterocycles. The van der Waals surface area contributed by atoms with Crippen LogP contribution in [0.1, 0.15) is 128 Å². The highest BCUT2D eigenvalue weighted by molar-refractivity contribution is 5.39. The lowest BCUT2D eigenvalue weighted by Gasteiger charge is -2.12. The zero-order valence-electron chi connectivity index (χ0n) is 18.4. The molecule has 1 rings (SSSR count). The second-order valence-electron chi connectivity index (χ2n) is 8.36. The van der Waals surface area contributed by atoms with E-state index in [1.165, 1.54) is 114 Å². The van der Waals surface area contributed by atoms with Gasteiger partial charge < -0.3 is 5.11 Å². The van der Waals surface area contributed by atoms with Crippen LogP contribution in [0.2, 0.25) is 0 Å². The lowest BCUT2D eigenvalue weighted by molar-refractivity contribution is 0.464. The van der Waals surface area contributed by atoms with Gasteiger partial charge in [0.25, 0.3) is 0 Å². The fourth-order valence-corrected chi connectivity index (χ4v) is 4.03. The predicted molar refractivity (Wildman–Crippen MR) is 121 cm³/mol. The minimum atomic E-state index is 0.523. The number of benzene rings is 1. The molecule has 1 aromatic rings. The van der Waals surface area contributed by atoms with E-state index in [1.54, 1.807) is 0 Å². The van der Waals surface area contributed by atoms with E-state index in [1.807, 2.05) is 12.1 Å². The van der Waals surface area contributed by atoms with Crippen LogP contribution in [0.4, 0.5) is 0 Å². The third-order valence-corrected chi connectivity index (χ3v) is 5.83. The van der Waals surface area contributed by atoms with Crippen molar-refractivity contribution in [2.24, 2.45) is 0 Å². The Morgan fingerprint density at radius 2 is 1.00 bits per heavy atom. The molecular weight excluding hydrogens is 328 g/mol. The van der Waals surface area contributed by atoms with Crippen LogP contribution in [-0.2, 0) is 12.8 Å². The van der Waals surface area contributed by atoms with Crippen LogP contribution in [0.15, 0.2) is 18.2 Å². The summed E-state index contributed by atoms with van der Waals surface area (Å²) < 4.78 is 0. The highest BCUT2D eigenvalue weighted by Crippen LogP contribution is 2.25.